The molecule has 4 nitrogen and oxygen atoms in total. The lowest BCUT2D eigenvalue weighted by Gasteiger charge is -2.24. The van der Waals surface area contributed by atoms with Crippen LogP contribution in [0.3, 0.4) is 0 Å². The van der Waals surface area contributed by atoms with Gasteiger partial charge in [0.25, 0.3) is 0 Å². The van der Waals surface area contributed by atoms with Crippen LogP contribution in [-0.4, -0.2) is 29.4 Å². The van der Waals surface area contributed by atoms with Gasteiger partial charge in [-0.2, -0.15) is 0 Å². The SMILES string of the molecule is Cc1cccc(C(C)C)c1NC(=O)C1CSCC(=O)N1. The second-order valence-corrected chi connectivity index (χ2v) is 6.35. The lowest BCUT2D eigenvalue weighted by Crippen LogP contribution is -2.49. The van der Waals surface area contributed by atoms with Gasteiger partial charge in [-0.05, 0) is 24.0 Å². The number of carbonyl (C=O) groups is 2. The third kappa shape index (κ3) is 3.33. The van der Waals surface area contributed by atoms with E-state index < -0.39 is 6.04 Å². The molecule has 2 amide bonds. The second-order valence-electron chi connectivity index (χ2n) is 5.32. The van der Waals surface area contributed by atoms with Gasteiger partial charge in [0.15, 0.2) is 0 Å². The Bertz CT molecular complexity index is 529. The van der Waals surface area contributed by atoms with Crippen molar-refractivity contribution in [1.29, 1.82) is 0 Å². The Morgan fingerprint density at radius 3 is 2.85 bits per heavy atom. The molecule has 20 heavy (non-hydrogen) atoms. The van der Waals surface area contributed by atoms with Crippen LogP contribution in [-0.2, 0) is 9.59 Å². The Hall–Kier alpha value is -1.49. The van der Waals surface area contributed by atoms with Crippen LogP contribution in [0.1, 0.15) is 30.9 Å². The Kier molecular flexibility index (Phi) is 4.70. The van der Waals surface area contributed by atoms with Crippen molar-refractivity contribution in [1.82, 2.24) is 5.32 Å². The van der Waals surface area contributed by atoms with Gasteiger partial charge in [0.05, 0.1) is 5.75 Å². The molecule has 1 aliphatic heterocycles. The number of para-hydroxylation sites is 1. The molecule has 1 unspecified atom stereocenters. The van der Waals surface area contributed by atoms with E-state index in [4.69, 9.17) is 0 Å². The summed E-state index contributed by atoms with van der Waals surface area (Å²) in [6, 6.07) is 5.57. The van der Waals surface area contributed by atoms with E-state index in [-0.39, 0.29) is 11.8 Å². The maximum Gasteiger partial charge on any atom is 0.247 e. The van der Waals surface area contributed by atoms with Crippen LogP contribution in [0.15, 0.2) is 18.2 Å². The topological polar surface area (TPSA) is 58.2 Å². The highest BCUT2D eigenvalue weighted by Gasteiger charge is 2.26. The highest BCUT2D eigenvalue weighted by Crippen LogP contribution is 2.27. The number of nitrogens with one attached hydrogen (secondary N) is 2. The van der Waals surface area contributed by atoms with Gasteiger partial charge in [-0.15, -0.1) is 11.8 Å². The molecule has 2 N–H and O–H groups in total. The Morgan fingerprint density at radius 1 is 1.45 bits per heavy atom. The van der Waals surface area contributed by atoms with Gasteiger partial charge < -0.3 is 10.6 Å². The van der Waals surface area contributed by atoms with E-state index in [1.54, 1.807) is 0 Å². The van der Waals surface area contributed by atoms with E-state index >= 15 is 0 Å². The number of carbonyl (C=O) groups excluding carboxylic acids is 2. The monoisotopic (exact) mass is 292 g/mol. The fraction of sp³-hybridized carbons (Fsp3) is 0.467. The van der Waals surface area contributed by atoms with Crippen molar-refractivity contribution in [2.24, 2.45) is 0 Å². The summed E-state index contributed by atoms with van der Waals surface area (Å²) in [4.78, 5) is 23.7. The molecule has 0 bridgehead atoms. The van der Waals surface area contributed by atoms with Crippen LogP contribution in [0.4, 0.5) is 5.69 Å². The van der Waals surface area contributed by atoms with Gasteiger partial charge in [-0.25, -0.2) is 0 Å². The van der Waals surface area contributed by atoms with E-state index in [0.29, 0.717) is 17.4 Å². The molecule has 1 aromatic carbocycles. The van der Waals surface area contributed by atoms with Crippen molar-refractivity contribution >= 4 is 29.3 Å². The van der Waals surface area contributed by atoms with Gasteiger partial charge in [-0.1, -0.05) is 32.0 Å². The number of aryl methyl sites for hydroxylation is 1. The normalized spacial score (nSPS) is 18.8. The van der Waals surface area contributed by atoms with Crippen LogP contribution in [0, 0.1) is 6.92 Å². The van der Waals surface area contributed by atoms with Crippen LogP contribution >= 0.6 is 11.8 Å². The van der Waals surface area contributed by atoms with Gasteiger partial charge in [0.1, 0.15) is 6.04 Å². The maximum absolute atomic E-state index is 12.3. The van der Waals surface area contributed by atoms with Crippen molar-refractivity contribution in [2.75, 3.05) is 16.8 Å². The van der Waals surface area contributed by atoms with Crippen molar-refractivity contribution in [3.8, 4) is 0 Å². The van der Waals surface area contributed by atoms with Gasteiger partial charge in [0, 0.05) is 11.4 Å². The molecule has 1 aliphatic rings. The minimum atomic E-state index is -0.444. The van der Waals surface area contributed by atoms with Crippen LogP contribution in [0.25, 0.3) is 0 Å². The molecule has 0 spiro atoms. The van der Waals surface area contributed by atoms with Crippen LogP contribution in [0.5, 0.6) is 0 Å². The molecule has 1 heterocycles. The maximum atomic E-state index is 12.3. The molecular weight excluding hydrogens is 272 g/mol. The molecular formula is C15H20N2O2S. The Morgan fingerprint density at radius 2 is 2.20 bits per heavy atom. The molecule has 1 aromatic rings. The minimum Gasteiger partial charge on any atom is -0.343 e. The van der Waals surface area contributed by atoms with Crippen LogP contribution in [0.2, 0.25) is 0 Å². The number of hydrogen-bond donors (Lipinski definition) is 2. The fourth-order valence-electron chi connectivity index (χ4n) is 2.24. The zero-order chi connectivity index (χ0) is 14.7. The predicted molar refractivity (Wildman–Crippen MR) is 83.2 cm³/mol. The number of hydrogen-bond acceptors (Lipinski definition) is 3. The molecule has 0 radical (unpaired) electrons. The highest BCUT2D eigenvalue weighted by atomic mass is 32.2. The fourth-order valence-corrected chi connectivity index (χ4v) is 3.10. The highest BCUT2D eigenvalue weighted by molar-refractivity contribution is 8.00. The standard InChI is InChI=1S/C15H20N2O2S/c1-9(2)11-6-4-5-10(3)14(11)17-15(19)12-7-20-8-13(18)16-12/h4-6,9,12H,7-8H2,1-3H3,(H,16,18)(H,17,19). The van der Waals surface area contributed by atoms with Crippen molar-refractivity contribution < 1.29 is 9.59 Å². The first-order chi connectivity index (χ1) is 9.49. The predicted octanol–water partition coefficient (Wildman–Crippen LogP) is 2.29. The summed E-state index contributed by atoms with van der Waals surface area (Å²) in [6.45, 7) is 6.18. The quantitative estimate of drug-likeness (QED) is 0.898. The number of rotatable bonds is 3. The van der Waals surface area contributed by atoms with Crippen molar-refractivity contribution in [2.45, 2.75) is 32.7 Å². The number of anilines is 1. The third-order valence-corrected chi connectivity index (χ3v) is 4.38. The number of benzene rings is 1. The van der Waals surface area contributed by atoms with Crippen molar-refractivity contribution in [3.05, 3.63) is 29.3 Å². The first kappa shape index (κ1) is 14.9. The van der Waals surface area contributed by atoms with E-state index in [1.807, 2.05) is 25.1 Å². The van der Waals surface area contributed by atoms with Gasteiger partial charge in [-0.3, -0.25) is 9.59 Å². The third-order valence-electron chi connectivity index (χ3n) is 3.34. The number of amides is 2. The summed E-state index contributed by atoms with van der Waals surface area (Å²) in [5, 5.41) is 5.72. The van der Waals surface area contributed by atoms with Crippen molar-refractivity contribution in [3.63, 3.8) is 0 Å². The first-order valence-corrected chi connectivity index (χ1v) is 7.92. The Labute approximate surface area is 123 Å². The molecule has 1 atom stereocenters. The zero-order valence-corrected chi connectivity index (χ0v) is 12.8. The van der Waals surface area contributed by atoms with E-state index in [0.717, 1.165) is 16.8 Å². The molecule has 0 saturated carbocycles. The summed E-state index contributed by atoms with van der Waals surface area (Å²) < 4.78 is 0. The van der Waals surface area contributed by atoms with Gasteiger partial charge >= 0.3 is 0 Å². The second kappa shape index (κ2) is 6.31. The average molecular weight is 292 g/mol. The van der Waals surface area contributed by atoms with Crippen LogP contribution < -0.4 is 10.6 Å². The number of thioether (sulfide) groups is 1. The summed E-state index contributed by atoms with van der Waals surface area (Å²) in [5.74, 6) is 1.18. The summed E-state index contributed by atoms with van der Waals surface area (Å²) in [7, 11) is 0. The molecule has 0 aromatic heterocycles. The summed E-state index contributed by atoms with van der Waals surface area (Å²) in [6.07, 6.45) is 0. The first-order valence-electron chi connectivity index (χ1n) is 6.76. The molecule has 1 saturated heterocycles. The summed E-state index contributed by atoms with van der Waals surface area (Å²) >= 11 is 1.49. The lowest BCUT2D eigenvalue weighted by atomic mass is 9.98. The lowest BCUT2D eigenvalue weighted by molar-refractivity contribution is -0.124. The largest absolute Gasteiger partial charge is 0.343 e. The molecule has 108 valence electrons. The van der Waals surface area contributed by atoms with E-state index in [1.165, 1.54) is 11.8 Å². The average Bonchev–Trinajstić information content (AvgIpc) is 2.40. The molecule has 2 rings (SSSR count). The Balaban J connectivity index is 2.17. The van der Waals surface area contributed by atoms with E-state index in [9.17, 15) is 9.59 Å². The molecule has 0 aliphatic carbocycles. The van der Waals surface area contributed by atoms with E-state index in [2.05, 4.69) is 24.5 Å². The minimum absolute atomic E-state index is 0.0738. The molecule has 5 heteroatoms. The molecule has 1 fully saturated rings. The zero-order valence-electron chi connectivity index (χ0n) is 12.0. The summed E-state index contributed by atoms with van der Waals surface area (Å²) in [5.41, 5.74) is 3.03. The smallest absolute Gasteiger partial charge is 0.247 e. The van der Waals surface area contributed by atoms with Gasteiger partial charge in [0.2, 0.25) is 11.8 Å².